The zero-order chi connectivity index (χ0) is 17.6. The van der Waals surface area contributed by atoms with Crippen molar-refractivity contribution in [3.63, 3.8) is 0 Å². The molecule has 1 heterocycles. The summed E-state index contributed by atoms with van der Waals surface area (Å²) in [6.07, 6.45) is -3.81. The minimum Gasteiger partial charge on any atom is -0.456 e. The summed E-state index contributed by atoms with van der Waals surface area (Å²) in [5.41, 5.74) is 0. The Morgan fingerprint density at radius 2 is 1.65 bits per heavy atom. The Morgan fingerprint density at radius 1 is 1.09 bits per heavy atom. The molecule has 0 bridgehead atoms. The van der Waals surface area contributed by atoms with Gasteiger partial charge < -0.3 is 18.9 Å². The molecular weight excluding hydrogens is 328 g/mol. The fourth-order valence-electron chi connectivity index (χ4n) is 2.04. The molecule has 9 nitrogen and oxygen atoms in total. The van der Waals surface area contributed by atoms with E-state index in [1.807, 2.05) is 0 Å². The molecule has 1 aliphatic rings. The molecule has 0 aromatic rings. The predicted molar refractivity (Wildman–Crippen MR) is 74.2 cm³/mol. The van der Waals surface area contributed by atoms with Gasteiger partial charge in [0.1, 0.15) is 11.5 Å². The highest BCUT2D eigenvalue weighted by Gasteiger charge is 2.57. The molecule has 23 heavy (non-hydrogen) atoms. The lowest BCUT2D eigenvalue weighted by Crippen LogP contribution is -2.62. The van der Waals surface area contributed by atoms with E-state index >= 15 is 0 Å². The molecule has 1 saturated heterocycles. The molecule has 0 unspecified atom stereocenters. The summed E-state index contributed by atoms with van der Waals surface area (Å²) in [5, 5.41) is 20.0. The first kappa shape index (κ1) is 18.7. The lowest BCUT2D eigenvalue weighted by molar-refractivity contribution is -0.223. The molecule has 0 amide bonds. The minimum atomic E-state index is -1.91. The molecule has 0 spiro atoms. The van der Waals surface area contributed by atoms with E-state index in [0.29, 0.717) is 11.8 Å². The topological polar surface area (TPSA) is 136 Å². The van der Waals surface area contributed by atoms with Crippen molar-refractivity contribution in [3.05, 3.63) is 0 Å². The predicted octanol–water partition coefficient (Wildman–Crippen LogP) is 0.246. The van der Waals surface area contributed by atoms with Crippen LogP contribution in [0.4, 0.5) is 0 Å². The molecule has 1 aliphatic heterocycles. The van der Waals surface area contributed by atoms with Crippen LogP contribution in [-0.4, -0.2) is 47.8 Å². The number of rotatable bonds is 4. The van der Waals surface area contributed by atoms with E-state index in [9.17, 15) is 19.6 Å². The van der Waals surface area contributed by atoms with Gasteiger partial charge in [-0.1, -0.05) is 0 Å². The van der Waals surface area contributed by atoms with E-state index in [1.54, 1.807) is 11.5 Å². The monoisotopic (exact) mass is 342 g/mol. The number of nitriles is 2. The summed E-state index contributed by atoms with van der Waals surface area (Å²) in [5.74, 6) is -2.19. The highest BCUT2D eigenvalue weighted by atomic mass is 32.2. The number of ether oxygens (including phenoxy) is 4. The molecular formula is C13H14N2O7S. The van der Waals surface area contributed by atoms with Crippen molar-refractivity contribution in [2.75, 3.05) is 6.61 Å². The quantitative estimate of drug-likeness (QED) is 0.397. The molecule has 1 rings (SSSR count). The summed E-state index contributed by atoms with van der Waals surface area (Å²) in [7, 11) is 0. The highest BCUT2D eigenvalue weighted by molar-refractivity contribution is 8.05. The molecule has 0 aromatic heterocycles. The standard InChI is InChI=1S/C13H14N2O7S/c1-7(16)20-10-4-19-13(5-14,23-6-15)12(22-9(3)18)11(10)21-8(2)17/h10-12H,4H2,1-3H3/t10-,11-,12+,13+/m1/s1. The van der Waals surface area contributed by atoms with E-state index < -0.39 is 41.2 Å². The van der Waals surface area contributed by atoms with Gasteiger partial charge in [0.05, 0.1) is 6.61 Å². The first-order valence-electron chi connectivity index (χ1n) is 6.39. The zero-order valence-corrected chi connectivity index (χ0v) is 13.4. The maximum absolute atomic E-state index is 11.4. The van der Waals surface area contributed by atoms with Crippen LogP contribution in [-0.2, 0) is 33.3 Å². The molecule has 1 fully saturated rings. The van der Waals surface area contributed by atoms with Crippen LogP contribution in [0.1, 0.15) is 20.8 Å². The molecule has 0 radical (unpaired) electrons. The SMILES string of the molecule is CC(=O)O[C@@H]1[C@H](OC(C)=O)CO[C@@](C#N)(SC#N)[C@H]1OC(C)=O. The molecule has 0 aliphatic carbocycles. The van der Waals surface area contributed by atoms with Crippen molar-refractivity contribution in [2.24, 2.45) is 0 Å². The number of carbonyl (C=O) groups excluding carboxylic acids is 3. The lowest BCUT2D eigenvalue weighted by atomic mass is 9.99. The van der Waals surface area contributed by atoms with Crippen molar-refractivity contribution in [1.29, 1.82) is 10.5 Å². The van der Waals surface area contributed by atoms with Crippen molar-refractivity contribution in [3.8, 4) is 11.5 Å². The van der Waals surface area contributed by atoms with Gasteiger partial charge in [-0.3, -0.25) is 14.4 Å². The first-order valence-corrected chi connectivity index (χ1v) is 7.21. The number of carbonyl (C=O) groups is 3. The Morgan fingerprint density at radius 3 is 2.09 bits per heavy atom. The van der Waals surface area contributed by atoms with Gasteiger partial charge >= 0.3 is 17.9 Å². The molecule has 0 N–H and O–H groups in total. The van der Waals surface area contributed by atoms with Gasteiger partial charge in [-0.15, -0.1) is 0 Å². The first-order chi connectivity index (χ1) is 10.8. The second-order valence-corrected chi connectivity index (χ2v) is 5.53. The largest absolute Gasteiger partial charge is 0.456 e. The van der Waals surface area contributed by atoms with Crippen LogP contribution in [0.5, 0.6) is 0 Å². The second-order valence-electron chi connectivity index (χ2n) is 4.54. The van der Waals surface area contributed by atoms with Gasteiger partial charge in [0.2, 0.25) is 0 Å². The minimum absolute atomic E-state index is 0.308. The van der Waals surface area contributed by atoms with Crippen LogP contribution < -0.4 is 0 Å². The van der Waals surface area contributed by atoms with Gasteiger partial charge in [0.15, 0.2) is 18.3 Å². The third-order valence-corrected chi connectivity index (χ3v) is 3.60. The smallest absolute Gasteiger partial charge is 0.303 e. The van der Waals surface area contributed by atoms with E-state index in [4.69, 9.17) is 24.2 Å². The molecule has 10 heteroatoms. The van der Waals surface area contributed by atoms with Gasteiger partial charge in [-0.2, -0.15) is 10.5 Å². The van der Waals surface area contributed by atoms with Crippen LogP contribution in [0.25, 0.3) is 0 Å². The Labute approximate surface area is 136 Å². The third kappa shape index (κ3) is 4.58. The normalized spacial score (nSPS) is 29.5. The highest BCUT2D eigenvalue weighted by Crippen LogP contribution is 2.39. The molecule has 4 atom stereocenters. The number of thiocyanates is 1. The van der Waals surface area contributed by atoms with Crippen molar-refractivity contribution < 1.29 is 33.3 Å². The summed E-state index contributed by atoms with van der Waals surface area (Å²) in [6.45, 7) is 3.02. The summed E-state index contributed by atoms with van der Waals surface area (Å²) < 4.78 is 20.4. The van der Waals surface area contributed by atoms with Crippen molar-refractivity contribution in [1.82, 2.24) is 0 Å². The van der Waals surface area contributed by atoms with Crippen LogP contribution in [0, 0.1) is 22.0 Å². The average Bonchev–Trinajstić information content (AvgIpc) is 2.44. The third-order valence-electron chi connectivity index (χ3n) is 2.77. The average molecular weight is 342 g/mol. The Hall–Kier alpha value is -2.30. The van der Waals surface area contributed by atoms with Crippen molar-refractivity contribution >= 4 is 29.7 Å². The number of hydrogen-bond acceptors (Lipinski definition) is 10. The maximum atomic E-state index is 11.4. The Kier molecular flexibility index (Phi) is 6.37. The summed E-state index contributed by atoms with van der Waals surface area (Å²) >= 11 is 0.415. The molecule has 124 valence electrons. The lowest BCUT2D eigenvalue weighted by Gasteiger charge is -2.43. The fourth-order valence-corrected chi connectivity index (χ4v) is 2.64. The summed E-state index contributed by atoms with van der Waals surface area (Å²) in [6, 6.07) is 1.76. The summed E-state index contributed by atoms with van der Waals surface area (Å²) in [4.78, 5) is 32.0. The van der Waals surface area contributed by atoms with Crippen LogP contribution in [0.15, 0.2) is 0 Å². The van der Waals surface area contributed by atoms with Gasteiger partial charge in [0, 0.05) is 32.5 Å². The van der Waals surface area contributed by atoms with Gasteiger partial charge in [-0.05, 0) is 0 Å². The van der Waals surface area contributed by atoms with Crippen LogP contribution >= 0.6 is 11.8 Å². The van der Waals surface area contributed by atoms with Crippen LogP contribution in [0.2, 0.25) is 0 Å². The van der Waals surface area contributed by atoms with Gasteiger partial charge in [0.25, 0.3) is 4.93 Å². The fraction of sp³-hybridized carbons (Fsp3) is 0.615. The zero-order valence-electron chi connectivity index (χ0n) is 12.6. The number of thioether (sulfide) groups is 1. The number of esters is 3. The second kappa shape index (κ2) is 7.81. The van der Waals surface area contributed by atoms with Gasteiger partial charge in [-0.25, -0.2) is 0 Å². The van der Waals surface area contributed by atoms with Crippen molar-refractivity contribution in [2.45, 2.75) is 44.0 Å². The van der Waals surface area contributed by atoms with Crippen LogP contribution in [0.3, 0.4) is 0 Å². The molecule has 0 saturated carbocycles. The van der Waals surface area contributed by atoms with E-state index in [-0.39, 0.29) is 6.61 Å². The van der Waals surface area contributed by atoms with E-state index in [1.165, 1.54) is 0 Å². The number of hydrogen-bond donors (Lipinski definition) is 0. The number of nitrogens with zero attached hydrogens (tertiary/aromatic N) is 2. The molecule has 0 aromatic carbocycles. The maximum Gasteiger partial charge on any atom is 0.303 e. The van der Waals surface area contributed by atoms with E-state index in [2.05, 4.69) is 0 Å². The van der Waals surface area contributed by atoms with E-state index in [0.717, 1.165) is 20.8 Å². The Balaban J connectivity index is 3.27. The Bertz CT molecular complexity index is 582.